The maximum Gasteiger partial charge on any atom is 0.145 e. The monoisotopic (exact) mass is 352 g/mol. The summed E-state index contributed by atoms with van der Waals surface area (Å²) in [6.07, 6.45) is -0.356. The van der Waals surface area contributed by atoms with E-state index in [0.717, 1.165) is 12.8 Å². The van der Waals surface area contributed by atoms with E-state index in [1.54, 1.807) is 13.8 Å². The SMILES string of the molecule is C[C@H]1[C@@H]2CC[C@@H]3[C@@H](O)[C@@]2(C[C@@H](O)[C@@]2(O)[C@H]1C[C@H](O)C2(C)C)C(=O)[C@@H]3C. The molecule has 142 valence electrons. The van der Waals surface area contributed by atoms with E-state index in [1.807, 2.05) is 13.8 Å². The Morgan fingerprint density at radius 3 is 2.28 bits per heavy atom. The molecular weight excluding hydrogens is 320 g/mol. The van der Waals surface area contributed by atoms with Crippen molar-refractivity contribution < 1.29 is 25.2 Å². The predicted molar refractivity (Wildman–Crippen MR) is 91.5 cm³/mol. The number of aliphatic hydroxyl groups is 4. The number of Topliss-reactive ketones (excluding diaryl/α,β-unsaturated/α-hetero) is 1. The lowest BCUT2D eigenvalue weighted by Gasteiger charge is -2.46. The van der Waals surface area contributed by atoms with Gasteiger partial charge in [-0.3, -0.25) is 4.79 Å². The lowest BCUT2D eigenvalue weighted by atomic mass is 9.59. The van der Waals surface area contributed by atoms with Crippen LogP contribution in [0.25, 0.3) is 0 Å². The van der Waals surface area contributed by atoms with Crippen LogP contribution in [0.2, 0.25) is 0 Å². The van der Waals surface area contributed by atoms with Crippen LogP contribution in [0.5, 0.6) is 0 Å². The van der Waals surface area contributed by atoms with Crippen molar-refractivity contribution in [1.82, 2.24) is 0 Å². The standard InChI is InChI=1S/C20H32O5/c1-9-11-5-6-12-10(2)13-7-14(21)18(3,4)20(13,25)15(22)8-19(12,16(9)23)17(11)24/h9-15,17,21-22,24-25H,5-8H2,1-4H3/t9-,10+,11+,12+,13+,14+,15-,17-,19-,20+/m1/s1. The fourth-order valence-electron chi connectivity index (χ4n) is 7.47. The van der Waals surface area contributed by atoms with Crippen molar-refractivity contribution in [3.63, 3.8) is 0 Å². The van der Waals surface area contributed by atoms with Crippen LogP contribution >= 0.6 is 0 Å². The minimum atomic E-state index is -1.45. The Labute approximate surface area is 149 Å². The molecule has 0 aromatic rings. The van der Waals surface area contributed by atoms with Crippen molar-refractivity contribution in [2.45, 2.75) is 77.3 Å². The van der Waals surface area contributed by atoms with Crippen LogP contribution in [0.4, 0.5) is 0 Å². The summed E-state index contributed by atoms with van der Waals surface area (Å²) in [7, 11) is 0. The first-order valence-electron chi connectivity index (χ1n) is 9.82. The molecule has 4 rings (SSSR count). The van der Waals surface area contributed by atoms with Crippen LogP contribution in [0.1, 0.15) is 53.4 Å². The third-order valence-electron chi connectivity index (χ3n) is 9.14. The quantitative estimate of drug-likeness (QED) is 0.524. The van der Waals surface area contributed by atoms with E-state index in [2.05, 4.69) is 0 Å². The molecule has 2 bridgehead atoms. The molecule has 0 amide bonds. The van der Waals surface area contributed by atoms with E-state index in [1.165, 1.54) is 0 Å². The van der Waals surface area contributed by atoms with Crippen molar-refractivity contribution in [1.29, 1.82) is 0 Å². The molecule has 4 N–H and O–H groups in total. The molecule has 0 aromatic carbocycles. The molecule has 0 unspecified atom stereocenters. The summed E-state index contributed by atoms with van der Waals surface area (Å²) in [5, 5.41) is 44.4. The minimum Gasteiger partial charge on any atom is -0.392 e. The second kappa shape index (κ2) is 5.06. The number of aliphatic hydroxyl groups excluding tert-OH is 3. The van der Waals surface area contributed by atoms with Gasteiger partial charge in [-0.25, -0.2) is 0 Å². The van der Waals surface area contributed by atoms with Crippen molar-refractivity contribution in [2.24, 2.45) is 40.4 Å². The van der Waals surface area contributed by atoms with Gasteiger partial charge in [-0.05, 0) is 49.4 Å². The largest absolute Gasteiger partial charge is 0.392 e. The van der Waals surface area contributed by atoms with Crippen LogP contribution < -0.4 is 0 Å². The zero-order valence-corrected chi connectivity index (χ0v) is 15.6. The third kappa shape index (κ3) is 1.76. The molecule has 4 aliphatic carbocycles. The van der Waals surface area contributed by atoms with Gasteiger partial charge < -0.3 is 20.4 Å². The van der Waals surface area contributed by atoms with Gasteiger partial charge in [-0.2, -0.15) is 0 Å². The smallest absolute Gasteiger partial charge is 0.145 e. The Morgan fingerprint density at radius 1 is 1.00 bits per heavy atom. The van der Waals surface area contributed by atoms with E-state index in [0.29, 0.717) is 6.42 Å². The van der Waals surface area contributed by atoms with Crippen LogP contribution in [0.15, 0.2) is 0 Å². The molecule has 0 aromatic heterocycles. The fourth-order valence-corrected chi connectivity index (χ4v) is 7.47. The highest BCUT2D eigenvalue weighted by molar-refractivity contribution is 5.91. The van der Waals surface area contributed by atoms with Crippen molar-refractivity contribution in [2.75, 3.05) is 0 Å². The Hall–Kier alpha value is -0.490. The maximum atomic E-state index is 13.2. The lowest BCUT2D eigenvalue weighted by Crippen LogP contribution is -2.57. The van der Waals surface area contributed by atoms with Gasteiger partial charge in [0.05, 0.1) is 23.7 Å². The summed E-state index contributed by atoms with van der Waals surface area (Å²) >= 11 is 0. The average Bonchev–Trinajstić information content (AvgIpc) is 2.75. The van der Waals surface area contributed by atoms with Gasteiger partial charge in [0.1, 0.15) is 11.4 Å². The molecule has 5 nitrogen and oxygen atoms in total. The fraction of sp³-hybridized carbons (Fsp3) is 0.950. The number of fused-ring (bicyclic) bond motifs is 2. The molecule has 4 fully saturated rings. The molecule has 4 aliphatic rings. The zero-order chi connectivity index (χ0) is 18.5. The highest BCUT2D eigenvalue weighted by Crippen LogP contribution is 2.66. The van der Waals surface area contributed by atoms with Gasteiger partial charge in [-0.15, -0.1) is 0 Å². The average molecular weight is 352 g/mol. The topological polar surface area (TPSA) is 98.0 Å². The van der Waals surface area contributed by atoms with Gasteiger partial charge >= 0.3 is 0 Å². The van der Waals surface area contributed by atoms with Crippen LogP contribution in [-0.4, -0.2) is 50.1 Å². The predicted octanol–water partition coefficient (Wildman–Crippen LogP) is 1.12. The zero-order valence-electron chi connectivity index (χ0n) is 15.6. The Kier molecular flexibility index (Phi) is 3.62. The number of hydrogen-bond acceptors (Lipinski definition) is 5. The molecule has 0 radical (unpaired) electrons. The van der Waals surface area contributed by atoms with Crippen molar-refractivity contribution in [3.05, 3.63) is 0 Å². The Bertz CT molecular complexity index is 603. The molecule has 0 aliphatic heterocycles. The Balaban J connectivity index is 1.87. The van der Waals surface area contributed by atoms with Gasteiger partial charge in [-0.1, -0.05) is 27.7 Å². The molecule has 10 atom stereocenters. The van der Waals surface area contributed by atoms with Crippen LogP contribution in [-0.2, 0) is 4.79 Å². The van der Waals surface area contributed by atoms with Crippen LogP contribution in [0, 0.1) is 40.4 Å². The van der Waals surface area contributed by atoms with Crippen molar-refractivity contribution in [3.8, 4) is 0 Å². The molecular formula is C20H32O5. The van der Waals surface area contributed by atoms with Gasteiger partial charge in [0, 0.05) is 11.3 Å². The first kappa shape index (κ1) is 17.9. The summed E-state index contributed by atoms with van der Waals surface area (Å²) in [5.41, 5.74) is -3.24. The summed E-state index contributed by atoms with van der Waals surface area (Å²) in [6, 6.07) is 0. The van der Waals surface area contributed by atoms with Crippen LogP contribution in [0.3, 0.4) is 0 Å². The second-order valence-corrected chi connectivity index (χ2v) is 9.97. The van der Waals surface area contributed by atoms with Gasteiger partial charge in [0.25, 0.3) is 0 Å². The second-order valence-electron chi connectivity index (χ2n) is 9.97. The summed E-state index contributed by atoms with van der Waals surface area (Å²) < 4.78 is 0. The van der Waals surface area contributed by atoms with E-state index < -0.39 is 34.7 Å². The highest BCUT2D eigenvalue weighted by atomic mass is 16.4. The Morgan fingerprint density at radius 2 is 1.64 bits per heavy atom. The number of ketones is 1. The summed E-state index contributed by atoms with van der Waals surface area (Å²) in [6.45, 7) is 7.55. The number of carbonyl (C=O) groups is 1. The van der Waals surface area contributed by atoms with E-state index in [9.17, 15) is 25.2 Å². The minimum absolute atomic E-state index is 0.0330. The summed E-state index contributed by atoms with van der Waals surface area (Å²) in [4.78, 5) is 13.2. The van der Waals surface area contributed by atoms with E-state index >= 15 is 0 Å². The highest BCUT2D eigenvalue weighted by Gasteiger charge is 2.73. The summed E-state index contributed by atoms with van der Waals surface area (Å²) in [5.74, 6) is -0.515. The van der Waals surface area contributed by atoms with E-state index in [4.69, 9.17) is 0 Å². The third-order valence-corrected chi connectivity index (χ3v) is 9.14. The number of carbonyl (C=O) groups excluding carboxylic acids is 1. The van der Waals surface area contributed by atoms with Gasteiger partial charge in [0.15, 0.2) is 0 Å². The molecule has 0 heterocycles. The first-order valence-corrected chi connectivity index (χ1v) is 9.82. The van der Waals surface area contributed by atoms with Gasteiger partial charge in [0.2, 0.25) is 0 Å². The maximum absolute atomic E-state index is 13.2. The van der Waals surface area contributed by atoms with Crippen molar-refractivity contribution >= 4 is 5.78 Å². The normalized spacial score (nSPS) is 60.1. The molecule has 0 saturated heterocycles. The molecule has 4 saturated carbocycles. The number of hydrogen-bond donors (Lipinski definition) is 4. The molecule has 25 heavy (non-hydrogen) atoms. The number of rotatable bonds is 0. The van der Waals surface area contributed by atoms with E-state index in [-0.39, 0.29) is 41.8 Å². The molecule has 1 spiro atoms. The first-order chi connectivity index (χ1) is 11.5. The molecule has 5 heteroatoms. The lowest BCUT2D eigenvalue weighted by molar-refractivity contribution is -0.179.